The van der Waals surface area contributed by atoms with Crippen molar-refractivity contribution in [1.29, 1.82) is 0 Å². The fourth-order valence-electron chi connectivity index (χ4n) is 11.4. The molecule has 0 aromatic rings. The summed E-state index contributed by atoms with van der Waals surface area (Å²) in [6, 6.07) is 0. The van der Waals surface area contributed by atoms with E-state index in [-0.39, 0.29) is 24.8 Å². The van der Waals surface area contributed by atoms with E-state index in [1.54, 1.807) is 13.8 Å². The molecule has 0 unspecified atom stereocenters. The molecular formula is C37H48O18. The maximum Gasteiger partial charge on any atom is 0.508 e. The van der Waals surface area contributed by atoms with Crippen LogP contribution in [-0.2, 0) is 76.1 Å². The summed E-state index contributed by atoms with van der Waals surface area (Å²) < 4.78 is 58.8. The number of esters is 4. The van der Waals surface area contributed by atoms with Crippen LogP contribution in [0.1, 0.15) is 53.9 Å². The van der Waals surface area contributed by atoms with Gasteiger partial charge in [0.05, 0.1) is 51.8 Å². The van der Waals surface area contributed by atoms with Gasteiger partial charge in [0.2, 0.25) is 0 Å². The van der Waals surface area contributed by atoms with Crippen molar-refractivity contribution >= 4 is 41.6 Å². The molecule has 3 saturated heterocycles. The molecule has 6 fully saturated rings. The zero-order valence-electron chi connectivity index (χ0n) is 32.2. The Hall–Kier alpha value is -3.97. The van der Waals surface area contributed by atoms with E-state index in [2.05, 4.69) is 0 Å². The van der Waals surface area contributed by atoms with Crippen molar-refractivity contribution in [3.05, 3.63) is 11.6 Å². The van der Waals surface area contributed by atoms with Gasteiger partial charge in [-0.1, -0.05) is 6.08 Å². The standard InChI is InChI=1S/C37H48O18/c1-10-17(2)27(42)53-21-14-22(52-18(3)39)35(29(43)46-6)15-50-24-25(35)34(21)16-51-36(49-9,30(44)47-7)28(34)32(4,26(24)41)37-23(54-31(45)48-8)13-19(20(40)11-12-38)33(37,5)55-37/h10,19,21-25,28,38H,11-16H2,1-9H3/b17-10+/t19-,21-,22+,23-,24+,25+,28-,32+,33-,34-,35-,36-,37-/m0/s1. The average molecular weight is 781 g/mol. The Bertz CT molecular complexity index is 1720. The molecule has 3 saturated carbocycles. The number of fused-ring (bicyclic) bond motifs is 1. The van der Waals surface area contributed by atoms with Crippen LogP contribution in [0.25, 0.3) is 0 Å². The van der Waals surface area contributed by atoms with Gasteiger partial charge < -0.3 is 52.5 Å². The summed E-state index contributed by atoms with van der Waals surface area (Å²) in [5.74, 6) is -11.4. The van der Waals surface area contributed by atoms with E-state index in [1.165, 1.54) is 19.9 Å². The second kappa shape index (κ2) is 13.6. The SMILES string of the molecule is C/C=C(\C)C(=O)O[C@H]1C[C@@H](OC(C)=O)[C@@]2(C(=O)OC)CO[C@H]3C(=O)[C@@](C)([C@]45O[C@@]4(C)[C@H](C(=O)CCO)C[C@@H]5OC(=O)OC)[C@@H]4[C@@](OC)(C(=O)OC)OC[C@@]14[C@@H]32. The first kappa shape index (κ1) is 40.7. The van der Waals surface area contributed by atoms with E-state index >= 15 is 4.79 Å². The molecule has 0 bridgehead atoms. The maximum atomic E-state index is 15.8. The highest BCUT2D eigenvalue weighted by Gasteiger charge is 2.96. The van der Waals surface area contributed by atoms with E-state index in [4.69, 9.17) is 47.4 Å². The van der Waals surface area contributed by atoms with Crippen molar-refractivity contribution in [3.8, 4) is 0 Å². The molecule has 0 amide bonds. The highest BCUT2D eigenvalue weighted by molar-refractivity contribution is 5.98. The highest BCUT2D eigenvalue weighted by Crippen LogP contribution is 2.81. The number of epoxide rings is 1. The molecule has 0 radical (unpaired) electrons. The Morgan fingerprint density at radius 2 is 1.55 bits per heavy atom. The van der Waals surface area contributed by atoms with E-state index in [0.29, 0.717) is 0 Å². The molecule has 18 heteroatoms. The first-order valence-corrected chi connectivity index (χ1v) is 18.0. The molecule has 304 valence electrons. The Morgan fingerprint density at radius 3 is 2.11 bits per heavy atom. The van der Waals surface area contributed by atoms with Gasteiger partial charge in [-0.3, -0.25) is 19.2 Å². The topological polar surface area (TPSA) is 235 Å². The molecule has 3 aliphatic heterocycles. The van der Waals surface area contributed by atoms with Gasteiger partial charge in [0.15, 0.2) is 5.78 Å². The summed E-state index contributed by atoms with van der Waals surface area (Å²) in [5.41, 5.74) is -9.26. The molecule has 18 nitrogen and oxygen atoms in total. The molecule has 6 rings (SSSR count). The molecule has 3 heterocycles. The van der Waals surface area contributed by atoms with Crippen LogP contribution in [0.15, 0.2) is 11.6 Å². The lowest BCUT2D eigenvalue weighted by molar-refractivity contribution is -0.272. The number of rotatable bonds is 11. The smallest absolute Gasteiger partial charge is 0.468 e. The predicted molar refractivity (Wildman–Crippen MR) is 178 cm³/mol. The summed E-state index contributed by atoms with van der Waals surface area (Å²) in [6.07, 6.45) is -6.24. The van der Waals surface area contributed by atoms with Gasteiger partial charge in [0.25, 0.3) is 5.79 Å². The van der Waals surface area contributed by atoms with Crippen molar-refractivity contribution in [1.82, 2.24) is 0 Å². The third-order valence-corrected chi connectivity index (χ3v) is 13.6. The van der Waals surface area contributed by atoms with Gasteiger partial charge in [-0.25, -0.2) is 14.4 Å². The number of aliphatic hydroxyl groups excluding tert-OH is 1. The summed E-state index contributed by atoms with van der Waals surface area (Å²) in [6.45, 7) is 5.74. The van der Waals surface area contributed by atoms with Crippen LogP contribution in [0.5, 0.6) is 0 Å². The predicted octanol–water partition coefficient (Wildman–Crippen LogP) is 0.762. The number of allylic oxidation sites excluding steroid dienone is 1. The molecule has 0 aromatic heterocycles. The average Bonchev–Trinajstić information content (AvgIpc) is 3.40. The zero-order chi connectivity index (χ0) is 40.7. The fraction of sp³-hybridized carbons (Fsp3) is 0.757. The van der Waals surface area contributed by atoms with Gasteiger partial charge in [0.1, 0.15) is 46.8 Å². The zero-order valence-corrected chi connectivity index (χ0v) is 32.2. The van der Waals surface area contributed by atoms with Crippen molar-refractivity contribution in [2.24, 2.45) is 34.0 Å². The lowest BCUT2D eigenvalue weighted by Crippen LogP contribution is -2.78. The van der Waals surface area contributed by atoms with Crippen molar-refractivity contribution in [3.63, 3.8) is 0 Å². The highest BCUT2D eigenvalue weighted by atomic mass is 16.8. The number of aliphatic hydroxyl groups is 1. The Balaban J connectivity index is 1.71. The monoisotopic (exact) mass is 780 g/mol. The van der Waals surface area contributed by atoms with Gasteiger partial charge >= 0.3 is 30.0 Å². The van der Waals surface area contributed by atoms with Crippen LogP contribution in [0.4, 0.5) is 4.79 Å². The minimum atomic E-state index is -2.51. The number of Topliss-reactive ketones (excluding diaryl/α,β-unsaturated/α-hetero) is 2. The van der Waals surface area contributed by atoms with Crippen LogP contribution < -0.4 is 0 Å². The number of hydrogen-bond donors (Lipinski definition) is 1. The minimum absolute atomic E-state index is 0.180. The first-order chi connectivity index (χ1) is 25.9. The molecule has 55 heavy (non-hydrogen) atoms. The van der Waals surface area contributed by atoms with Gasteiger partial charge in [-0.15, -0.1) is 0 Å². The van der Waals surface area contributed by atoms with Crippen molar-refractivity contribution in [2.75, 3.05) is 48.3 Å². The molecule has 3 aliphatic carbocycles. The first-order valence-electron chi connectivity index (χ1n) is 18.0. The lowest BCUT2D eigenvalue weighted by Gasteiger charge is -2.63. The molecule has 1 N–H and O–H groups in total. The summed E-state index contributed by atoms with van der Waals surface area (Å²) in [7, 11) is 4.41. The Morgan fingerprint density at radius 1 is 0.873 bits per heavy atom. The largest absolute Gasteiger partial charge is 0.508 e. The normalized spacial score (nSPS) is 43.6. The second-order valence-electron chi connectivity index (χ2n) is 15.4. The van der Waals surface area contributed by atoms with E-state index in [1.807, 2.05) is 0 Å². The molecule has 13 atom stereocenters. The number of carbonyl (C=O) groups excluding carboxylic acids is 7. The van der Waals surface area contributed by atoms with Crippen LogP contribution in [-0.4, -0.2) is 136 Å². The van der Waals surface area contributed by atoms with E-state index in [0.717, 1.165) is 35.4 Å². The molecular weight excluding hydrogens is 732 g/mol. The number of hydrogen-bond acceptors (Lipinski definition) is 18. The Labute approximate surface area is 316 Å². The lowest BCUT2D eigenvalue weighted by atomic mass is 9.37. The number of carbonyl (C=O) groups is 7. The third-order valence-electron chi connectivity index (χ3n) is 13.6. The number of ketones is 2. The summed E-state index contributed by atoms with van der Waals surface area (Å²) in [4.78, 5) is 97.4. The Kier molecular flexibility index (Phi) is 10.1. The number of ether oxygens (including phenoxy) is 10. The van der Waals surface area contributed by atoms with Crippen molar-refractivity contribution in [2.45, 2.75) is 95.3 Å². The molecule has 0 aromatic carbocycles. The van der Waals surface area contributed by atoms with E-state index in [9.17, 15) is 33.9 Å². The quantitative estimate of drug-likeness (QED) is 0.132. The molecule has 6 aliphatic rings. The van der Waals surface area contributed by atoms with Crippen LogP contribution in [0, 0.1) is 34.0 Å². The third kappa shape index (κ3) is 4.93. The number of methoxy groups -OCH3 is 4. The minimum Gasteiger partial charge on any atom is -0.468 e. The molecule has 1 spiro atoms. The van der Waals surface area contributed by atoms with E-state index < -0.39 is 137 Å². The second-order valence-corrected chi connectivity index (χ2v) is 15.4. The van der Waals surface area contributed by atoms with Crippen LogP contribution >= 0.6 is 0 Å². The summed E-state index contributed by atoms with van der Waals surface area (Å²) >= 11 is 0. The van der Waals surface area contributed by atoms with Gasteiger partial charge in [0, 0.05) is 56.8 Å². The van der Waals surface area contributed by atoms with Crippen LogP contribution in [0.2, 0.25) is 0 Å². The fourth-order valence-corrected chi connectivity index (χ4v) is 11.4. The van der Waals surface area contributed by atoms with Crippen LogP contribution in [0.3, 0.4) is 0 Å². The summed E-state index contributed by atoms with van der Waals surface area (Å²) in [5, 5.41) is 9.73. The van der Waals surface area contributed by atoms with Gasteiger partial charge in [-0.2, -0.15) is 0 Å². The van der Waals surface area contributed by atoms with Gasteiger partial charge in [-0.05, 0) is 27.7 Å². The van der Waals surface area contributed by atoms with Crippen molar-refractivity contribution < 1.29 is 86.0 Å². The maximum absolute atomic E-state index is 15.8.